The summed E-state index contributed by atoms with van der Waals surface area (Å²) in [6, 6.07) is 21.3. The third kappa shape index (κ3) is 5.85. The van der Waals surface area contributed by atoms with Gasteiger partial charge in [0.2, 0.25) is 5.91 Å². The Morgan fingerprint density at radius 2 is 1.66 bits per heavy atom. The molecule has 35 heavy (non-hydrogen) atoms. The number of anilines is 1. The van der Waals surface area contributed by atoms with Crippen LogP contribution in [-0.2, 0) is 21.4 Å². The quantitative estimate of drug-likeness (QED) is 0.524. The number of carbonyl (C=O) groups excluding carboxylic acids is 2. The van der Waals surface area contributed by atoms with Crippen LogP contribution in [0.2, 0.25) is 0 Å². The predicted octanol–water partition coefficient (Wildman–Crippen LogP) is 3.41. The van der Waals surface area contributed by atoms with Crippen molar-refractivity contribution in [3.05, 3.63) is 90.0 Å². The van der Waals surface area contributed by atoms with Crippen molar-refractivity contribution in [1.29, 1.82) is 0 Å². The Bertz CT molecular complexity index is 1340. The van der Waals surface area contributed by atoms with Crippen molar-refractivity contribution in [2.45, 2.75) is 24.3 Å². The predicted molar refractivity (Wildman–Crippen MR) is 132 cm³/mol. The average Bonchev–Trinajstić information content (AvgIpc) is 2.88. The number of hydrogen-bond donors (Lipinski definition) is 2. The molecule has 3 amide bonds. The van der Waals surface area contributed by atoms with E-state index in [9.17, 15) is 18.0 Å². The van der Waals surface area contributed by atoms with Crippen molar-refractivity contribution >= 4 is 33.4 Å². The number of rotatable bonds is 7. The second kappa shape index (κ2) is 10.4. The van der Waals surface area contributed by atoms with Gasteiger partial charge >= 0.3 is 6.03 Å². The standard InChI is InChI=1S/C25H24N4O5S/c1-34-21-11-7-19(8-12-21)23-15-16-24(30)29(27-23)20-9-13-22(14-10-20)35(32,33)28-25(31)26-17-18-5-3-2-4-6-18/h2-14H,15-17H2,1H3,(H2,26,28,31). The molecule has 0 spiro atoms. The molecular formula is C25H24N4O5S. The first-order chi connectivity index (χ1) is 16.9. The van der Waals surface area contributed by atoms with Crippen molar-refractivity contribution in [3.8, 4) is 5.75 Å². The maximum Gasteiger partial charge on any atom is 0.328 e. The van der Waals surface area contributed by atoms with Gasteiger partial charge in [-0.2, -0.15) is 5.10 Å². The number of carbonyl (C=O) groups is 2. The molecule has 0 aromatic heterocycles. The molecule has 0 saturated heterocycles. The summed E-state index contributed by atoms with van der Waals surface area (Å²) in [5.41, 5.74) is 2.87. The van der Waals surface area contributed by atoms with Crippen LogP contribution in [0.1, 0.15) is 24.0 Å². The Hall–Kier alpha value is -4.18. The number of urea groups is 1. The van der Waals surface area contributed by atoms with E-state index in [0.717, 1.165) is 22.6 Å². The number of methoxy groups -OCH3 is 1. The summed E-state index contributed by atoms with van der Waals surface area (Å²) in [6.07, 6.45) is 0.768. The molecule has 0 atom stereocenters. The van der Waals surface area contributed by atoms with Crippen LogP contribution < -0.4 is 19.8 Å². The zero-order chi connectivity index (χ0) is 24.8. The Kier molecular flexibility index (Phi) is 7.11. The van der Waals surface area contributed by atoms with Crippen LogP contribution in [0.3, 0.4) is 0 Å². The van der Waals surface area contributed by atoms with Crippen molar-refractivity contribution in [1.82, 2.24) is 10.0 Å². The van der Waals surface area contributed by atoms with Crippen molar-refractivity contribution in [2.24, 2.45) is 5.10 Å². The van der Waals surface area contributed by atoms with Gasteiger partial charge in [-0.15, -0.1) is 0 Å². The van der Waals surface area contributed by atoms with Gasteiger partial charge in [0.1, 0.15) is 5.75 Å². The lowest BCUT2D eigenvalue weighted by Gasteiger charge is -2.24. The molecule has 0 bridgehead atoms. The number of benzene rings is 3. The van der Waals surface area contributed by atoms with E-state index in [1.54, 1.807) is 7.11 Å². The summed E-state index contributed by atoms with van der Waals surface area (Å²) in [5, 5.41) is 8.26. The van der Waals surface area contributed by atoms with E-state index < -0.39 is 16.1 Å². The fourth-order valence-corrected chi connectivity index (χ4v) is 4.44. The lowest BCUT2D eigenvalue weighted by atomic mass is 10.0. The maximum atomic E-state index is 12.6. The number of hydrogen-bond acceptors (Lipinski definition) is 6. The molecule has 10 heteroatoms. The van der Waals surface area contributed by atoms with E-state index in [4.69, 9.17) is 4.74 Å². The lowest BCUT2D eigenvalue weighted by Crippen LogP contribution is -2.39. The molecule has 0 fully saturated rings. The van der Waals surface area contributed by atoms with E-state index in [2.05, 4.69) is 10.4 Å². The number of amides is 3. The van der Waals surface area contributed by atoms with Gasteiger partial charge in [-0.1, -0.05) is 30.3 Å². The second-order valence-electron chi connectivity index (χ2n) is 7.75. The van der Waals surface area contributed by atoms with Gasteiger partial charge in [-0.05, 0) is 59.7 Å². The zero-order valence-electron chi connectivity index (χ0n) is 19.0. The molecule has 0 unspecified atom stereocenters. The minimum atomic E-state index is -4.10. The first-order valence-electron chi connectivity index (χ1n) is 10.9. The lowest BCUT2D eigenvalue weighted by molar-refractivity contribution is -0.118. The minimum absolute atomic E-state index is 0.111. The molecule has 1 aliphatic rings. The van der Waals surface area contributed by atoms with Crippen LogP contribution in [0.25, 0.3) is 0 Å². The van der Waals surface area contributed by atoms with E-state index in [0.29, 0.717) is 12.1 Å². The molecular weight excluding hydrogens is 468 g/mol. The SMILES string of the molecule is COc1ccc(C2=NN(c3ccc(S(=O)(=O)NC(=O)NCc4ccccc4)cc3)C(=O)CC2)cc1. The monoisotopic (exact) mass is 492 g/mol. The fourth-order valence-electron chi connectivity index (χ4n) is 3.51. The third-order valence-corrected chi connectivity index (χ3v) is 6.72. The first-order valence-corrected chi connectivity index (χ1v) is 12.3. The Balaban J connectivity index is 1.45. The third-order valence-electron chi connectivity index (χ3n) is 5.37. The van der Waals surface area contributed by atoms with Gasteiger partial charge in [0.05, 0.1) is 23.4 Å². The highest BCUT2D eigenvalue weighted by Gasteiger charge is 2.24. The number of hydrazone groups is 1. The van der Waals surface area contributed by atoms with Crippen LogP contribution in [0.4, 0.5) is 10.5 Å². The topological polar surface area (TPSA) is 117 Å². The van der Waals surface area contributed by atoms with Crippen molar-refractivity contribution in [3.63, 3.8) is 0 Å². The molecule has 0 aliphatic carbocycles. The summed E-state index contributed by atoms with van der Waals surface area (Å²) < 4.78 is 32.4. The van der Waals surface area contributed by atoms with E-state index >= 15 is 0 Å². The Morgan fingerprint density at radius 1 is 0.971 bits per heavy atom. The highest BCUT2D eigenvalue weighted by atomic mass is 32.2. The molecule has 2 N–H and O–H groups in total. The van der Waals surface area contributed by atoms with Crippen molar-refractivity contribution < 1.29 is 22.7 Å². The number of nitrogens with one attached hydrogen (secondary N) is 2. The smallest absolute Gasteiger partial charge is 0.328 e. The van der Waals surface area contributed by atoms with Gasteiger partial charge in [-0.25, -0.2) is 22.9 Å². The van der Waals surface area contributed by atoms with Gasteiger partial charge in [-0.3, -0.25) is 4.79 Å². The molecule has 0 radical (unpaired) electrons. The van der Waals surface area contributed by atoms with E-state index in [-0.39, 0.29) is 23.8 Å². The molecule has 1 aliphatic heterocycles. The molecule has 4 rings (SSSR count). The highest BCUT2D eigenvalue weighted by molar-refractivity contribution is 7.90. The highest BCUT2D eigenvalue weighted by Crippen LogP contribution is 2.24. The van der Waals surface area contributed by atoms with Gasteiger partial charge in [0.15, 0.2) is 0 Å². The number of ether oxygens (including phenoxy) is 1. The van der Waals surface area contributed by atoms with Gasteiger partial charge in [0.25, 0.3) is 10.0 Å². The number of sulfonamides is 1. The minimum Gasteiger partial charge on any atom is -0.497 e. The average molecular weight is 493 g/mol. The Morgan fingerprint density at radius 3 is 2.31 bits per heavy atom. The van der Waals surface area contributed by atoms with E-state index in [1.807, 2.05) is 59.3 Å². The van der Waals surface area contributed by atoms with Crippen molar-refractivity contribution in [2.75, 3.05) is 12.1 Å². The summed E-state index contributed by atoms with van der Waals surface area (Å²) >= 11 is 0. The Labute approximate surface area is 203 Å². The summed E-state index contributed by atoms with van der Waals surface area (Å²) in [5.74, 6) is 0.522. The number of nitrogens with zero attached hydrogens (tertiary/aromatic N) is 2. The maximum absolute atomic E-state index is 12.6. The molecule has 3 aromatic carbocycles. The van der Waals surface area contributed by atoms with E-state index in [1.165, 1.54) is 29.3 Å². The normalized spacial score (nSPS) is 13.7. The molecule has 3 aromatic rings. The summed E-state index contributed by atoms with van der Waals surface area (Å²) in [6.45, 7) is 0.187. The molecule has 0 saturated carbocycles. The van der Waals surface area contributed by atoms with Crippen LogP contribution in [0.15, 0.2) is 88.9 Å². The fraction of sp³-hybridized carbons (Fsp3) is 0.160. The van der Waals surface area contributed by atoms with Crippen LogP contribution >= 0.6 is 0 Å². The zero-order valence-corrected chi connectivity index (χ0v) is 19.8. The molecule has 9 nitrogen and oxygen atoms in total. The first kappa shape index (κ1) is 24.0. The van der Waals surface area contributed by atoms with Gasteiger partial charge < -0.3 is 10.1 Å². The molecule has 1 heterocycles. The van der Waals surface area contributed by atoms with Crippen LogP contribution in [0.5, 0.6) is 5.75 Å². The summed E-state index contributed by atoms with van der Waals surface area (Å²) in [4.78, 5) is 24.5. The molecule has 180 valence electrons. The second-order valence-corrected chi connectivity index (χ2v) is 9.43. The van der Waals surface area contributed by atoms with Crippen LogP contribution in [0, 0.1) is 0 Å². The van der Waals surface area contributed by atoms with Gasteiger partial charge in [0, 0.05) is 19.4 Å². The van der Waals surface area contributed by atoms with Crippen LogP contribution in [-0.4, -0.2) is 33.2 Å². The largest absolute Gasteiger partial charge is 0.497 e. The summed E-state index contributed by atoms with van der Waals surface area (Å²) in [7, 11) is -2.51.